The van der Waals surface area contributed by atoms with Crippen molar-refractivity contribution < 1.29 is 22.8 Å². The van der Waals surface area contributed by atoms with Crippen LogP contribution in [0.4, 0.5) is 23.1 Å². The Balaban J connectivity index is 1.58. The van der Waals surface area contributed by atoms with Crippen LogP contribution in [0, 0.1) is 0 Å². The van der Waals surface area contributed by atoms with Crippen molar-refractivity contribution in [2.75, 3.05) is 12.4 Å². The number of hydrogen-bond donors (Lipinski definition) is 2. The van der Waals surface area contributed by atoms with Crippen LogP contribution in [0.2, 0.25) is 4.34 Å². The molecule has 0 unspecified atom stereocenters. The lowest BCUT2D eigenvalue weighted by molar-refractivity contribution is -0.141. The van der Waals surface area contributed by atoms with Crippen LogP contribution >= 0.6 is 34.5 Å². The van der Waals surface area contributed by atoms with Crippen molar-refractivity contribution in [2.24, 2.45) is 7.05 Å². The van der Waals surface area contributed by atoms with Crippen LogP contribution in [0.3, 0.4) is 0 Å². The van der Waals surface area contributed by atoms with Gasteiger partial charge < -0.3 is 10.2 Å². The number of urea groups is 1. The van der Waals surface area contributed by atoms with Gasteiger partial charge in [0.25, 0.3) is 5.91 Å². The molecule has 3 aromatic rings. The second-order valence-electron chi connectivity index (χ2n) is 6.25. The van der Waals surface area contributed by atoms with E-state index < -0.39 is 29.4 Å². The molecule has 0 aliphatic heterocycles. The van der Waals surface area contributed by atoms with Crippen molar-refractivity contribution in [3.05, 3.63) is 44.6 Å². The number of nitrogens with zero attached hydrogens (tertiary/aromatic N) is 5. The van der Waals surface area contributed by atoms with Crippen LogP contribution in [0.1, 0.15) is 26.8 Å². The van der Waals surface area contributed by atoms with E-state index in [1.165, 1.54) is 25.4 Å². The number of anilines is 1. The van der Waals surface area contributed by atoms with Gasteiger partial charge in [-0.05, 0) is 12.1 Å². The molecule has 2 N–H and O–H groups in total. The molecule has 31 heavy (non-hydrogen) atoms. The lowest BCUT2D eigenvalue weighted by Crippen LogP contribution is -2.29. The van der Waals surface area contributed by atoms with Gasteiger partial charge in [0.05, 0.1) is 23.0 Å². The van der Waals surface area contributed by atoms with Gasteiger partial charge in [0.2, 0.25) is 5.13 Å². The maximum Gasteiger partial charge on any atom is 0.435 e. The number of amides is 3. The molecule has 0 atom stereocenters. The highest BCUT2D eigenvalue weighted by Crippen LogP contribution is 2.31. The number of aryl methyl sites for hydroxylation is 1. The Morgan fingerprint density at radius 1 is 1.32 bits per heavy atom. The summed E-state index contributed by atoms with van der Waals surface area (Å²) in [6, 6.07) is 3.00. The minimum absolute atomic E-state index is 0.154. The summed E-state index contributed by atoms with van der Waals surface area (Å²) in [5, 5.41) is 8.64. The second kappa shape index (κ2) is 9.20. The van der Waals surface area contributed by atoms with Gasteiger partial charge in [-0.1, -0.05) is 11.6 Å². The first-order valence-electron chi connectivity index (χ1n) is 8.51. The Morgan fingerprint density at radius 2 is 2.06 bits per heavy atom. The first kappa shape index (κ1) is 23.0. The Morgan fingerprint density at radius 3 is 2.71 bits per heavy atom. The Kier molecular flexibility index (Phi) is 6.81. The molecule has 3 heterocycles. The van der Waals surface area contributed by atoms with Gasteiger partial charge in [-0.3, -0.25) is 14.8 Å². The van der Waals surface area contributed by atoms with Crippen LogP contribution in [0.5, 0.6) is 0 Å². The van der Waals surface area contributed by atoms with Gasteiger partial charge in [-0.25, -0.2) is 9.78 Å². The fourth-order valence-electron chi connectivity index (χ4n) is 2.47. The van der Waals surface area contributed by atoms with E-state index in [-0.39, 0.29) is 24.0 Å². The Hall–Kier alpha value is -2.71. The Bertz CT molecular complexity index is 1100. The van der Waals surface area contributed by atoms with Crippen molar-refractivity contribution in [3.63, 3.8) is 0 Å². The first-order chi connectivity index (χ1) is 14.5. The van der Waals surface area contributed by atoms with Gasteiger partial charge >= 0.3 is 12.2 Å². The fourth-order valence-corrected chi connectivity index (χ4v) is 4.07. The van der Waals surface area contributed by atoms with Crippen molar-refractivity contribution in [3.8, 4) is 0 Å². The number of alkyl halides is 3. The number of rotatable bonds is 6. The largest absolute Gasteiger partial charge is 0.435 e. The molecule has 3 aromatic heterocycles. The number of carbonyl (C=O) groups excluding carboxylic acids is 2. The minimum atomic E-state index is -4.76. The molecular weight excluding hydrogens is 479 g/mol. The number of carbonyl (C=O) groups is 2. The summed E-state index contributed by atoms with van der Waals surface area (Å²) in [6.45, 7) is 0.122. The van der Waals surface area contributed by atoms with Gasteiger partial charge in [0, 0.05) is 36.7 Å². The third kappa shape index (κ3) is 5.92. The summed E-state index contributed by atoms with van der Waals surface area (Å²) in [4.78, 5) is 30.4. The smallest absolute Gasteiger partial charge is 0.334 e. The maximum atomic E-state index is 13.1. The predicted molar refractivity (Wildman–Crippen MR) is 109 cm³/mol. The molecule has 0 saturated carbocycles. The average Bonchev–Trinajstić information content (AvgIpc) is 3.39. The molecule has 166 valence electrons. The molecule has 0 radical (unpaired) electrons. The maximum absolute atomic E-state index is 13.1. The van der Waals surface area contributed by atoms with Crippen LogP contribution in [-0.2, 0) is 26.3 Å². The Labute approximate surface area is 187 Å². The molecule has 0 aliphatic rings. The van der Waals surface area contributed by atoms with E-state index in [1.807, 2.05) is 0 Å². The molecular formula is C16H15ClF3N7O2S2. The standard InChI is InChI=1S/C16H15ClF3N7O2S2/c1-26(13(28)9-6-27(2)24-12(9)16(18,19)20)7-11-22-15(31-25-11)23-14(29)21-5-8-3-4-10(17)30-8/h3-4,6H,5,7H2,1-2H3,(H2,21,22,23,25,29). The molecule has 9 nitrogen and oxygen atoms in total. The number of halogens is 4. The number of hydrogen-bond acceptors (Lipinski definition) is 7. The molecule has 0 spiro atoms. The molecule has 0 aromatic carbocycles. The minimum Gasteiger partial charge on any atom is -0.334 e. The molecule has 0 aliphatic carbocycles. The van der Waals surface area contributed by atoms with Gasteiger partial charge in [0.1, 0.15) is 0 Å². The summed E-state index contributed by atoms with van der Waals surface area (Å²) >= 11 is 8.04. The summed E-state index contributed by atoms with van der Waals surface area (Å²) < 4.78 is 44.8. The summed E-state index contributed by atoms with van der Waals surface area (Å²) in [5.41, 5.74) is -1.83. The summed E-state index contributed by atoms with van der Waals surface area (Å²) in [6.07, 6.45) is -3.75. The van der Waals surface area contributed by atoms with Crippen LogP contribution in [0.25, 0.3) is 0 Å². The topological polar surface area (TPSA) is 105 Å². The number of thiophene rings is 1. The van der Waals surface area contributed by atoms with E-state index in [1.54, 1.807) is 12.1 Å². The highest BCUT2D eigenvalue weighted by Gasteiger charge is 2.39. The quantitative estimate of drug-likeness (QED) is 0.546. The van der Waals surface area contributed by atoms with Crippen molar-refractivity contribution in [1.82, 2.24) is 29.4 Å². The van der Waals surface area contributed by atoms with Crippen LogP contribution in [-0.4, -0.2) is 43.0 Å². The molecule has 0 fully saturated rings. The molecule has 3 amide bonds. The van der Waals surface area contributed by atoms with E-state index >= 15 is 0 Å². The summed E-state index contributed by atoms with van der Waals surface area (Å²) in [5.74, 6) is -0.712. The van der Waals surface area contributed by atoms with Gasteiger partial charge in [0.15, 0.2) is 11.5 Å². The van der Waals surface area contributed by atoms with Crippen molar-refractivity contribution in [1.29, 1.82) is 0 Å². The lowest BCUT2D eigenvalue weighted by Gasteiger charge is -2.15. The third-order valence-electron chi connectivity index (χ3n) is 3.79. The molecule has 0 saturated heterocycles. The van der Waals surface area contributed by atoms with Crippen molar-refractivity contribution >= 4 is 51.5 Å². The SMILES string of the molecule is CN(Cc1nsc(NC(=O)NCc2ccc(Cl)s2)n1)C(=O)c1cn(C)nc1C(F)(F)F. The monoisotopic (exact) mass is 493 g/mol. The van der Waals surface area contributed by atoms with Crippen LogP contribution in [0.15, 0.2) is 18.3 Å². The van der Waals surface area contributed by atoms with Gasteiger partial charge in [-0.2, -0.15) is 22.6 Å². The average molecular weight is 494 g/mol. The predicted octanol–water partition coefficient (Wildman–Crippen LogP) is 3.60. The highest BCUT2D eigenvalue weighted by atomic mass is 35.5. The summed E-state index contributed by atoms with van der Waals surface area (Å²) in [7, 11) is 2.62. The van der Waals surface area contributed by atoms with E-state index in [0.29, 0.717) is 4.34 Å². The normalized spacial score (nSPS) is 11.4. The second-order valence-corrected chi connectivity index (χ2v) is 8.80. The van der Waals surface area contributed by atoms with E-state index in [4.69, 9.17) is 11.6 Å². The fraction of sp³-hybridized carbons (Fsp3) is 0.312. The number of aromatic nitrogens is 4. The van der Waals surface area contributed by atoms with E-state index in [9.17, 15) is 22.8 Å². The first-order valence-corrected chi connectivity index (χ1v) is 10.5. The zero-order valence-corrected chi connectivity index (χ0v) is 18.4. The van der Waals surface area contributed by atoms with E-state index in [2.05, 4.69) is 25.1 Å². The zero-order chi connectivity index (χ0) is 22.8. The highest BCUT2D eigenvalue weighted by molar-refractivity contribution is 7.16. The zero-order valence-electron chi connectivity index (χ0n) is 16.0. The molecule has 3 rings (SSSR count). The molecule has 0 bridgehead atoms. The van der Waals surface area contributed by atoms with Crippen molar-refractivity contribution in [2.45, 2.75) is 19.3 Å². The van der Waals surface area contributed by atoms with Crippen LogP contribution < -0.4 is 10.6 Å². The number of nitrogens with one attached hydrogen (secondary N) is 2. The van der Waals surface area contributed by atoms with E-state index in [0.717, 1.165) is 32.2 Å². The van der Waals surface area contributed by atoms with Gasteiger partial charge in [-0.15, -0.1) is 11.3 Å². The molecule has 15 heteroatoms. The third-order valence-corrected chi connectivity index (χ3v) is 5.69. The lowest BCUT2D eigenvalue weighted by atomic mass is 10.2.